The summed E-state index contributed by atoms with van der Waals surface area (Å²) < 4.78 is 20.3. The first-order chi connectivity index (χ1) is 8.74. The van der Waals surface area contributed by atoms with E-state index < -0.39 is 0 Å². The van der Waals surface area contributed by atoms with Gasteiger partial charge in [0, 0.05) is 6.61 Å². The smallest absolute Gasteiger partial charge is 0.269 e. The lowest BCUT2D eigenvalue weighted by Crippen LogP contribution is -2.26. The molecule has 18 heavy (non-hydrogen) atoms. The maximum atomic E-state index is 13.3. The van der Waals surface area contributed by atoms with Crippen LogP contribution >= 0.6 is 0 Å². The van der Waals surface area contributed by atoms with Crippen LogP contribution in [0.5, 0.6) is 0 Å². The summed E-state index contributed by atoms with van der Waals surface area (Å²) in [6, 6.07) is 4.27. The Hall–Kier alpha value is -1.75. The topological polar surface area (TPSA) is 44.1 Å². The van der Waals surface area contributed by atoms with Gasteiger partial charge >= 0.3 is 0 Å². The van der Waals surface area contributed by atoms with Gasteiger partial charge in [0.15, 0.2) is 0 Å². The molecule has 0 aliphatic carbocycles. The van der Waals surface area contributed by atoms with Gasteiger partial charge in [0.25, 0.3) is 5.56 Å². The zero-order valence-electron chi connectivity index (χ0n) is 9.80. The van der Waals surface area contributed by atoms with Crippen LogP contribution in [0.1, 0.15) is 12.8 Å². The van der Waals surface area contributed by atoms with Crippen LogP contribution in [0.2, 0.25) is 0 Å². The van der Waals surface area contributed by atoms with E-state index in [1.807, 2.05) is 0 Å². The van der Waals surface area contributed by atoms with Gasteiger partial charge in [0.2, 0.25) is 0 Å². The van der Waals surface area contributed by atoms with Gasteiger partial charge in [-0.2, -0.15) is 0 Å². The Balaban J connectivity index is 2.10. The van der Waals surface area contributed by atoms with Crippen LogP contribution in [0.4, 0.5) is 4.39 Å². The monoisotopic (exact) mass is 248 g/mol. The number of rotatable bonds is 2. The lowest BCUT2D eigenvalue weighted by Gasteiger charge is -2.13. The molecule has 1 atom stereocenters. The van der Waals surface area contributed by atoms with Gasteiger partial charge in [-0.15, -0.1) is 0 Å². The standard InChI is InChI=1S/C13H13FN2O2/c14-9-3-4-11-12(6-9)16(13(17)7-15-11)8-10-2-1-5-18-10/h3-4,6-7,10H,1-2,5,8H2. The maximum absolute atomic E-state index is 13.3. The van der Waals surface area contributed by atoms with Gasteiger partial charge in [-0.05, 0) is 31.0 Å². The fourth-order valence-corrected chi connectivity index (χ4v) is 2.32. The Morgan fingerprint density at radius 2 is 2.39 bits per heavy atom. The molecule has 1 aromatic heterocycles. The number of aromatic nitrogens is 2. The molecule has 1 saturated heterocycles. The van der Waals surface area contributed by atoms with E-state index in [-0.39, 0.29) is 17.5 Å². The third-order valence-electron chi connectivity index (χ3n) is 3.22. The maximum Gasteiger partial charge on any atom is 0.269 e. The Bertz CT molecular complexity index is 632. The highest BCUT2D eigenvalue weighted by molar-refractivity contribution is 5.74. The molecule has 0 bridgehead atoms. The lowest BCUT2D eigenvalue weighted by atomic mass is 10.2. The van der Waals surface area contributed by atoms with Crippen molar-refractivity contribution in [1.29, 1.82) is 0 Å². The molecule has 1 aromatic carbocycles. The third kappa shape index (κ3) is 2.01. The Labute approximate surface area is 103 Å². The molecule has 1 aliphatic rings. The molecule has 2 heterocycles. The zero-order valence-corrected chi connectivity index (χ0v) is 9.80. The number of hydrogen-bond acceptors (Lipinski definition) is 3. The Kier molecular flexibility index (Phi) is 2.83. The summed E-state index contributed by atoms with van der Waals surface area (Å²) in [5.41, 5.74) is 0.926. The summed E-state index contributed by atoms with van der Waals surface area (Å²) in [7, 11) is 0. The number of hydrogen-bond donors (Lipinski definition) is 0. The van der Waals surface area contributed by atoms with Crippen molar-refractivity contribution in [3.8, 4) is 0 Å². The molecule has 1 aliphatic heterocycles. The average Bonchev–Trinajstić information content (AvgIpc) is 2.86. The summed E-state index contributed by atoms with van der Waals surface area (Å²) in [5.74, 6) is -0.365. The molecule has 94 valence electrons. The van der Waals surface area contributed by atoms with Gasteiger partial charge in [0.05, 0.1) is 29.9 Å². The largest absolute Gasteiger partial charge is 0.376 e. The van der Waals surface area contributed by atoms with Crippen molar-refractivity contribution >= 4 is 11.0 Å². The predicted octanol–water partition coefficient (Wildman–Crippen LogP) is 1.71. The predicted molar refractivity (Wildman–Crippen MR) is 64.9 cm³/mol. The summed E-state index contributed by atoms with van der Waals surface area (Å²) in [4.78, 5) is 15.9. The molecule has 0 radical (unpaired) electrons. The van der Waals surface area contributed by atoms with Crippen LogP contribution in [0.15, 0.2) is 29.2 Å². The van der Waals surface area contributed by atoms with Crippen molar-refractivity contribution in [3.05, 3.63) is 40.6 Å². The van der Waals surface area contributed by atoms with Gasteiger partial charge in [-0.25, -0.2) is 9.37 Å². The van der Waals surface area contributed by atoms with Crippen LogP contribution in [0.25, 0.3) is 11.0 Å². The van der Waals surface area contributed by atoms with Crippen molar-refractivity contribution in [2.24, 2.45) is 0 Å². The summed E-state index contributed by atoms with van der Waals surface area (Å²) in [6.07, 6.45) is 3.26. The lowest BCUT2D eigenvalue weighted by molar-refractivity contribution is 0.0972. The zero-order chi connectivity index (χ0) is 12.5. The van der Waals surface area contributed by atoms with Crippen molar-refractivity contribution < 1.29 is 9.13 Å². The highest BCUT2D eigenvalue weighted by Crippen LogP contribution is 2.16. The highest BCUT2D eigenvalue weighted by Gasteiger charge is 2.17. The second-order valence-electron chi connectivity index (χ2n) is 4.48. The molecule has 0 saturated carbocycles. The minimum absolute atomic E-state index is 0.0385. The summed E-state index contributed by atoms with van der Waals surface area (Å²) in [5, 5.41) is 0. The number of halogens is 1. The van der Waals surface area contributed by atoms with Gasteiger partial charge in [-0.3, -0.25) is 4.79 Å². The van der Waals surface area contributed by atoms with Gasteiger partial charge < -0.3 is 9.30 Å². The quantitative estimate of drug-likeness (QED) is 0.812. The second-order valence-corrected chi connectivity index (χ2v) is 4.48. The number of ether oxygens (including phenoxy) is 1. The molecular formula is C13H13FN2O2. The number of benzene rings is 1. The summed E-state index contributed by atoms with van der Waals surface area (Å²) >= 11 is 0. The van der Waals surface area contributed by atoms with Gasteiger partial charge in [-0.1, -0.05) is 0 Å². The van der Waals surface area contributed by atoms with Crippen molar-refractivity contribution in [2.45, 2.75) is 25.5 Å². The van der Waals surface area contributed by atoms with Crippen molar-refractivity contribution in [1.82, 2.24) is 9.55 Å². The average molecular weight is 248 g/mol. The molecule has 0 spiro atoms. The van der Waals surface area contributed by atoms with Crippen molar-refractivity contribution in [3.63, 3.8) is 0 Å². The molecule has 1 fully saturated rings. The van der Waals surface area contributed by atoms with E-state index in [4.69, 9.17) is 4.74 Å². The third-order valence-corrected chi connectivity index (χ3v) is 3.22. The van der Waals surface area contributed by atoms with E-state index in [2.05, 4.69) is 4.98 Å². The van der Waals surface area contributed by atoms with Crippen molar-refractivity contribution in [2.75, 3.05) is 6.61 Å². The highest BCUT2D eigenvalue weighted by atomic mass is 19.1. The number of fused-ring (bicyclic) bond motifs is 1. The molecule has 3 rings (SSSR count). The first kappa shape index (κ1) is 11.3. The van der Waals surface area contributed by atoms with Crippen LogP contribution in [0, 0.1) is 5.82 Å². The second kappa shape index (κ2) is 4.49. The van der Waals surface area contributed by atoms with Crippen LogP contribution in [0.3, 0.4) is 0 Å². The van der Waals surface area contributed by atoms with E-state index in [9.17, 15) is 9.18 Å². The Morgan fingerprint density at radius 1 is 1.50 bits per heavy atom. The van der Waals surface area contributed by atoms with E-state index in [1.165, 1.54) is 18.3 Å². The molecule has 5 heteroatoms. The fraction of sp³-hybridized carbons (Fsp3) is 0.385. The van der Waals surface area contributed by atoms with Gasteiger partial charge in [0.1, 0.15) is 5.82 Å². The first-order valence-electron chi connectivity index (χ1n) is 6.01. The molecule has 0 amide bonds. The minimum atomic E-state index is -0.365. The van der Waals surface area contributed by atoms with Crippen LogP contribution < -0.4 is 5.56 Å². The van der Waals surface area contributed by atoms with E-state index in [0.29, 0.717) is 17.6 Å². The van der Waals surface area contributed by atoms with Crippen LogP contribution in [-0.4, -0.2) is 22.3 Å². The molecular weight excluding hydrogens is 235 g/mol. The molecule has 0 N–H and O–H groups in total. The van der Waals surface area contributed by atoms with E-state index in [1.54, 1.807) is 10.6 Å². The molecule has 4 nitrogen and oxygen atoms in total. The minimum Gasteiger partial charge on any atom is -0.376 e. The van der Waals surface area contributed by atoms with E-state index >= 15 is 0 Å². The van der Waals surface area contributed by atoms with Crippen LogP contribution in [-0.2, 0) is 11.3 Å². The number of nitrogens with zero attached hydrogens (tertiary/aromatic N) is 2. The molecule has 1 unspecified atom stereocenters. The van der Waals surface area contributed by atoms with E-state index in [0.717, 1.165) is 19.4 Å². The normalized spacial score (nSPS) is 19.5. The summed E-state index contributed by atoms with van der Waals surface area (Å²) in [6.45, 7) is 1.19. The SMILES string of the molecule is O=c1cnc2ccc(F)cc2n1CC1CCCO1. The first-order valence-corrected chi connectivity index (χ1v) is 6.01. The Morgan fingerprint density at radius 3 is 3.17 bits per heavy atom. The molecule has 2 aromatic rings. The fourth-order valence-electron chi connectivity index (χ4n) is 2.32.